The molecule has 1 saturated carbocycles. The minimum Gasteiger partial charge on any atom is -0.131 e. The first kappa shape index (κ1) is 17.7. The minimum atomic E-state index is 0.649. The molecule has 2 aromatic rings. The summed E-state index contributed by atoms with van der Waals surface area (Å²) in [6.45, 7) is 2.31. The second kappa shape index (κ2) is 8.31. The van der Waals surface area contributed by atoms with Gasteiger partial charge in [-0.25, -0.2) is 0 Å². The van der Waals surface area contributed by atoms with Crippen molar-refractivity contribution >= 4 is 29.0 Å². The number of thiocarbonyl (C=S) groups is 1. The molecule has 0 heterocycles. The maximum absolute atomic E-state index is 5.10. The number of thiol groups is 1. The van der Waals surface area contributed by atoms with Crippen molar-refractivity contribution in [3.05, 3.63) is 59.7 Å². The van der Waals surface area contributed by atoms with Gasteiger partial charge in [0, 0.05) is 0 Å². The van der Waals surface area contributed by atoms with Crippen molar-refractivity contribution < 1.29 is 0 Å². The molecule has 0 N–H and O–H groups in total. The Morgan fingerprint density at radius 2 is 1.46 bits per heavy atom. The molecule has 0 bridgehead atoms. The fourth-order valence-corrected chi connectivity index (χ4v) is 4.23. The lowest BCUT2D eigenvalue weighted by molar-refractivity contribution is 0.308. The van der Waals surface area contributed by atoms with E-state index in [-0.39, 0.29) is 0 Å². The molecule has 1 aliphatic carbocycles. The number of hydrogen-bond acceptors (Lipinski definition) is 1. The standard InChI is InChI=1S/C22H26S2/c1-2-3-16-4-6-17(7-5-16)18-8-10-19(11-9-18)20-12-14-21(15-13-20)22(23)24/h8-17H,2-7H2,1H3,(H,23,24). The molecule has 24 heavy (non-hydrogen) atoms. The van der Waals surface area contributed by atoms with Crippen LogP contribution in [0.15, 0.2) is 48.5 Å². The van der Waals surface area contributed by atoms with Gasteiger partial charge in [0.05, 0.1) is 4.20 Å². The third-order valence-corrected chi connectivity index (χ3v) is 5.88. The van der Waals surface area contributed by atoms with Gasteiger partial charge >= 0.3 is 0 Å². The first-order valence-corrected chi connectivity index (χ1v) is 9.96. The van der Waals surface area contributed by atoms with Crippen LogP contribution in [-0.2, 0) is 0 Å². The molecule has 2 heteroatoms. The van der Waals surface area contributed by atoms with Crippen LogP contribution in [0.25, 0.3) is 11.1 Å². The van der Waals surface area contributed by atoms with E-state index >= 15 is 0 Å². The lowest BCUT2D eigenvalue weighted by Crippen LogP contribution is -2.13. The lowest BCUT2D eigenvalue weighted by atomic mass is 9.77. The quantitative estimate of drug-likeness (QED) is 0.444. The van der Waals surface area contributed by atoms with Crippen molar-refractivity contribution in [2.45, 2.75) is 51.4 Å². The minimum absolute atomic E-state index is 0.649. The van der Waals surface area contributed by atoms with E-state index in [1.165, 1.54) is 55.2 Å². The molecule has 0 spiro atoms. The van der Waals surface area contributed by atoms with Gasteiger partial charge in [0.2, 0.25) is 0 Å². The van der Waals surface area contributed by atoms with Crippen LogP contribution in [0.3, 0.4) is 0 Å². The van der Waals surface area contributed by atoms with Crippen LogP contribution in [0.5, 0.6) is 0 Å². The van der Waals surface area contributed by atoms with Gasteiger partial charge in [0.25, 0.3) is 0 Å². The highest BCUT2D eigenvalue weighted by atomic mass is 32.1. The molecule has 126 valence electrons. The summed E-state index contributed by atoms with van der Waals surface area (Å²) in [4.78, 5) is 0. The van der Waals surface area contributed by atoms with Crippen LogP contribution >= 0.6 is 24.8 Å². The molecule has 3 rings (SSSR count). The first-order valence-electron chi connectivity index (χ1n) is 9.11. The van der Waals surface area contributed by atoms with Gasteiger partial charge in [-0.2, -0.15) is 0 Å². The Balaban J connectivity index is 1.66. The fraction of sp³-hybridized carbons (Fsp3) is 0.409. The molecule has 0 saturated heterocycles. The van der Waals surface area contributed by atoms with Gasteiger partial charge in [-0.1, -0.05) is 80.5 Å². The second-order valence-electron chi connectivity index (χ2n) is 7.01. The highest BCUT2D eigenvalue weighted by Gasteiger charge is 2.21. The molecule has 0 aromatic heterocycles. The van der Waals surface area contributed by atoms with Crippen LogP contribution in [0, 0.1) is 5.92 Å². The van der Waals surface area contributed by atoms with E-state index in [0.717, 1.165) is 17.4 Å². The molecule has 0 atom stereocenters. The van der Waals surface area contributed by atoms with Crippen LogP contribution < -0.4 is 0 Å². The Bertz CT molecular complexity index is 662. The van der Waals surface area contributed by atoms with Crippen molar-refractivity contribution in [1.82, 2.24) is 0 Å². The van der Waals surface area contributed by atoms with Gasteiger partial charge in [-0.15, -0.1) is 12.6 Å². The zero-order valence-electron chi connectivity index (χ0n) is 14.4. The van der Waals surface area contributed by atoms with Crippen molar-refractivity contribution in [3.63, 3.8) is 0 Å². The van der Waals surface area contributed by atoms with E-state index in [9.17, 15) is 0 Å². The molecule has 1 fully saturated rings. The summed E-state index contributed by atoms with van der Waals surface area (Å²) >= 11 is 9.33. The summed E-state index contributed by atoms with van der Waals surface area (Å²) in [6.07, 6.45) is 8.28. The van der Waals surface area contributed by atoms with Crippen molar-refractivity contribution in [2.24, 2.45) is 5.92 Å². The molecule has 2 aromatic carbocycles. The summed E-state index contributed by atoms with van der Waals surface area (Å²) < 4.78 is 0.649. The summed E-state index contributed by atoms with van der Waals surface area (Å²) in [6, 6.07) is 17.5. The molecule has 0 amide bonds. The highest BCUT2D eigenvalue weighted by Crippen LogP contribution is 2.38. The van der Waals surface area contributed by atoms with Crippen LogP contribution in [0.4, 0.5) is 0 Å². The Labute approximate surface area is 157 Å². The van der Waals surface area contributed by atoms with Crippen molar-refractivity contribution in [2.75, 3.05) is 0 Å². The number of benzene rings is 2. The molecule has 0 unspecified atom stereocenters. The van der Waals surface area contributed by atoms with Crippen LogP contribution in [-0.4, -0.2) is 4.20 Å². The van der Waals surface area contributed by atoms with Crippen molar-refractivity contribution in [1.29, 1.82) is 0 Å². The Morgan fingerprint density at radius 3 is 1.96 bits per heavy atom. The molecular formula is C22H26S2. The van der Waals surface area contributed by atoms with Gasteiger partial charge in [0.1, 0.15) is 0 Å². The molecule has 0 radical (unpaired) electrons. The molecular weight excluding hydrogens is 328 g/mol. The first-order chi connectivity index (χ1) is 11.7. The summed E-state index contributed by atoms with van der Waals surface area (Å²) in [5.41, 5.74) is 5.04. The van der Waals surface area contributed by atoms with E-state index in [0.29, 0.717) is 4.20 Å². The molecule has 1 aliphatic rings. The van der Waals surface area contributed by atoms with Crippen molar-refractivity contribution in [3.8, 4) is 11.1 Å². The van der Waals surface area contributed by atoms with E-state index < -0.39 is 0 Å². The lowest BCUT2D eigenvalue weighted by Gasteiger charge is -2.28. The largest absolute Gasteiger partial charge is 0.131 e. The number of hydrogen-bond donors (Lipinski definition) is 1. The average Bonchev–Trinajstić information content (AvgIpc) is 2.63. The molecule has 0 aliphatic heterocycles. The van der Waals surface area contributed by atoms with Crippen LogP contribution in [0.2, 0.25) is 0 Å². The van der Waals surface area contributed by atoms with Gasteiger partial charge in [-0.3, -0.25) is 0 Å². The maximum Gasteiger partial charge on any atom is 0.0747 e. The topological polar surface area (TPSA) is 0 Å². The summed E-state index contributed by atoms with van der Waals surface area (Å²) in [5, 5.41) is 0. The Hall–Kier alpha value is -1.12. The van der Waals surface area contributed by atoms with E-state index in [1.807, 2.05) is 12.1 Å². The number of rotatable bonds is 5. The summed E-state index contributed by atoms with van der Waals surface area (Å²) in [7, 11) is 0. The van der Waals surface area contributed by atoms with E-state index in [2.05, 4.69) is 56.0 Å². The van der Waals surface area contributed by atoms with E-state index in [1.54, 1.807) is 0 Å². The maximum atomic E-state index is 5.10. The second-order valence-corrected chi connectivity index (χ2v) is 8.17. The average molecular weight is 355 g/mol. The predicted octanol–water partition coefficient (Wildman–Crippen LogP) is 7.03. The third kappa shape index (κ3) is 4.29. The van der Waals surface area contributed by atoms with Gasteiger partial charge in [-0.05, 0) is 59.8 Å². The molecule has 0 nitrogen and oxygen atoms in total. The van der Waals surface area contributed by atoms with Gasteiger partial charge < -0.3 is 0 Å². The van der Waals surface area contributed by atoms with Crippen LogP contribution in [0.1, 0.15) is 62.5 Å². The predicted molar refractivity (Wildman–Crippen MR) is 112 cm³/mol. The monoisotopic (exact) mass is 354 g/mol. The van der Waals surface area contributed by atoms with E-state index in [4.69, 9.17) is 12.2 Å². The smallest absolute Gasteiger partial charge is 0.0747 e. The third-order valence-electron chi connectivity index (χ3n) is 5.39. The normalized spacial score (nSPS) is 20.8. The van der Waals surface area contributed by atoms with Gasteiger partial charge in [0.15, 0.2) is 0 Å². The Morgan fingerprint density at radius 1 is 0.917 bits per heavy atom. The SMILES string of the molecule is CCCC1CCC(c2ccc(-c3ccc(C(=S)S)cc3)cc2)CC1. The zero-order chi connectivity index (χ0) is 16.9. The summed E-state index contributed by atoms with van der Waals surface area (Å²) in [5.74, 6) is 1.73. The fourth-order valence-electron chi connectivity index (χ4n) is 3.95. The highest BCUT2D eigenvalue weighted by molar-refractivity contribution is 8.11. The Kier molecular flexibility index (Phi) is 6.13. The zero-order valence-corrected chi connectivity index (χ0v) is 16.1.